The molecule has 0 saturated heterocycles. The second-order valence-corrected chi connectivity index (χ2v) is 4.54. The van der Waals surface area contributed by atoms with Crippen LogP contribution in [0.2, 0.25) is 0 Å². The Morgan fingerprint density at radius 1 is 1.47 bits per heavy atom. The van der Waals surface area contributed by atoms with Gasteiger partial charge in [-0.25, -0.2) is 0 Å². The predicted octanol–water partition coefficient (Wildman–Crippen LogP) is 1.94. The molecule has 0 aromatic rings. The minimum Gasteiger partial charge on any atom is -0.370 e. The van der Waals surface area contributed by atoms with Crippen LogP contribution in [0.3, 0.4) is 0 Å². The summed E-state index contributed by atoms with van der Waals surface area (Å²) in [7, 11) is 0. The van der Waals surface area contributed by atoms with E-state index in [2.05, 4.69) is 16.4 Å². The van der Waals surface area contributed by atoms with E-state index in [0.29, 0.717) is 12.0 Å². The van der Waals surface area contributed by atoms with Crippen molar-refractivity contribution in [3.05, 3.63) is 11.6 Å². The molecule has 15 heavy (non-hydrogen) atoms. The van der Waals surface area contributed by atoms with Gasteiger partial charge in [-0.2, -0.15) is 0 Å². The summed E-state index contributed by atoms with van der Waals surface area (Å²) >= 11 is 0. The van der Waals surface area contributed by atoms with Crippen LogP contribution in [0.15, 0.2) is 16.6 Å². The molecule has 0 atom stereocenters. The third kappa shape index (κ3) is 3.94. The van der Waals surface area contributed by atoms with E-state index in [1.54, 1.807) is 5.57 Å². The van der Waals surface area contributed by atoms with Gasteiger partial charge in [-0.3, -0.25) is 4.99 Å². The van der Waals surface area contributed by atoms with Crippen LogP contribution in [0.4, 0.5) is 0 Å². The average molecular weight is 207 g/mol. The number of guanidine groups is 1. The third-order valence-electron chi connectivity index (χ3n) is 3.03. The van der Waals surface area contributed by atoms with Gasteiger partial charge in [-0.1, -0.05) is 11.6 Å². The van der Waals surface area contributed by atoms with E-state index in [1.807, 2.05) is 0 Å². The lowest BCUT2D eigenvalue weighted by Gasteiger charge is -2.11. The standard InChI is InChI=1S/C12H21N3/c13-12(15-11-6-7-11)14-9-8-10-4-2-1-3-5-10/h4,11H,1-3,5-9H2,(H3,13,14,15). The van der Waals surface area contributed by atoms with Crippen LogP contribution in [0, 0.1) is 0 Å². The number of rotatable bonds is 4. The van der Waals surface area contributed by atoms with E-state index in [4.69, 9.17) is 5.73 Å². The first-order chi connectivity index (χ1) is 7.34. The fourth-order valence-electron chi connectivity index (χ4n) is 1.93. The number of hydrogen-bond acceptors (Lipinski definition) is 1. The Morgan fingerprint density at radius 2 is 2.33 bits per heavy atom. The van der Waals surface area contributed by atoms with Crippen molar-refractivity contribution in [1.82, 2.24) is 5.32 Å². The number of aliphatic imine (C=N–C) groups is 1. The molecule has 0 amide bonds. The van der Waals surface area contributed by atoms with Crippen molar-refractivity contribution in [2.24, 2.45) is 10.7 Å². The second kappa shape index (κ2) is 5.19. The Balaban J connectivity index is 1.65. The molecule has 0 radical (unpaired) electrons. The SMILES string of the molecule is NC(=NCCC1=CCCCC1)NC1CC1. The van der Waals surface area contributed by atoms with Gasteiger partial charge in [0.05, 0.1) is 0 Å². The molecular formula is C12H21N3. The summed E-state index contributed by atoms with van der Waals surface area (Å²) in [6.45, 7) is 0.845. The number of nitrogens with two attached hydrogens (primary N) is 1. The second-order valence-electron chi connectivity index (χ2n) is 4.54. The Bertz CT molecular complexity index is 264. The van der Waals surface area contributed by atoms with Gasteiger partial charge >= 0.3 is 0 Å². The van der Waals surface area contributed by atoms with Gasteiger partial charge in [0.25, 0.3) is 0 Å². The zero-order chi connectivity index (χ0) is 10.5. The fraction of sp³-hybridized carbons (Fsp3) is 0.750. The number of nitrogens with one attached hydrogen (secondary N) is 1. The summed E-state index contributed by atoms with van der Waals surface area (Å²) in [5.74, 6) is 0.633. The van der Waals surface area contributed by atoms with Crippen LogP contribution in [-0.4, -0.2) is 18.5 Å². The molecule has 0 aromatic carbocycles. The van der Waals surface area contributed by atoms with E-state index in [-0.39, 0.29) is 0 Å². The Kier molecular flexibility index (Phi) is 3.64. The van der Waals surface area contributed by atoms with Crippen LogP contribution in [0.25, 0.3) is 0 Å². The van der Waals surface area contributed by atoms with Gasteiger partial charge in [0.15, 0.2) is 5.96 Å². The van der Waals surface area contributed by atoms with Crippen molar-refractivity contribution >= 4 is 5.96 Å². The van der Waals surface area contributed by atoms with Crippen molar-refractivity contribution in [2.45, 2.75) is 51.0 Å². The molecule has 84 valence electrons. The highest BCUT2D eigenvalue weighted by Gasteiger charge is 2.21. The summed E-state index contributed by atoms with van der Waals surface area (Å²) in [5.41, 5.74) is 7.32. The van der Waals surface area contributed by atoms with Gasteiger partial charge in [-0.05, 0) is 44.9 Å². The van der Waals surface area contributed by atoms with Crippen molar-refractivity contribution in [3.63, 3.8) is 0 Å². The Hall–Kier alpha value is -0.990. The van der Waals surface area contributed by atoms with Crippen molar-refractivity contribution in [3.8, 4) is 0 Å². The van der Waals surface area contributed by atoms with E-state index in [1.165, 1.54) is 38.5 Å². The van der Waals surface area contributed by atoms with E-state index < -0.39 is 0 Å². The first-order valence-corrected chi connectivity index (χ1v) is 6.09. The molecule has 3 N–H and O–H groups in total. The third-order valence-corrected chi connectivity index (χ3v) is 3.03. The highest BCUT2D eigenvalue weighted by Crippen LogP contribution is 2.20. The summed E-state index contributed by atoms with van der Waals surface area (Å²) in [4.78, 5) is 4.34. The lowest BCUT2D eigenvalue weighted by atomic mass is 9.97. The first kappa shape index (κ1) is 10.5. The fourth-order valence-corrected chi connectivity index (χ4v) is 1.93. The Morgan fingerprint density at radius 3 is 3.00 bits per heavy atom. The maximum atomic E-state index is 5.75. The topological polar surface area (TPSA) is 50.4 Å². The van der Waals surface area contributed by atoms with Crippen LogP contribution < -0.4 is 11.1 Å². The number of allylic oxidation sites excluding steroid dienone is 1. The van der Waals surface area contributed by atoms with Crippen molar-refractivity contribution in [2.75, 3.05) is 6.54 Å². The minimum absolute atomic E-state index is 0.614. The smallest absolute Gasteiger partial charge is 0.188 e. The molecule has 0 aliphatic heterocycles. The molecule has 1 saturated carbocycles. The molecule has 3 nitrogen and oxygen atoms in total. The Labute approximate surface area is 91.8 Å². The molecular weight excluding hydrogens is 186 g/mol. The van der Waals surface area contributed by atoms with Gasteiger partial charge in [0.1, 0.15) is 0 Å². The van der Waals surface area contributed by atoms with Crippen LogP contribution in [0.1, 0.15) is 44.9 Å². The molecule has 0 bridgehead atoms. The van der Waals surface area contributed by atoms with Gasteiger partial charge < -0.3 is 11.1 Å². The van der Waals surface area contributed by atoms with Crippen molar-refractivity contribution < 1.29 is 0 Å². The highest BCUT2D eigenvalue weighted by atomic mass is 15.1. The lowest BCUT2D eigenvalue weighted by molar-refractivity contribution is 0.675. The zero-order valence-electron chi connectivity index (χ0n) is 9.34. The molecule has 2 rings (SSSR count). The number of hydrogen-bond donors (Lipinski definition) is 2. The maximum Gasteiger partial charge on any atom is 0.188 e. The van der Waals surface area contributed by atoms with E-state index in [0.717, 1.165) is 13.0 Å². The largest absolute Gasteiger partial charge is 0.370 e. The van der Waals surface area contributed by atoms with Crippen LogP contribution >= 0.6 is 0 Å². The molecule has 2 aliphatic carbocycles. The summed E-state index contributed by atoms with van der Waals surface area (Å²) < 4.78 is 0. The molecule has 3 heteroatoms. The lowest BCUT2D eigenvalue weighted by Crippen LogP contribution is -2.33. The molecule has 0 unspecified atom stereocenters. The van der Waals surface area contributed by atoms with Gasteiger partial charge in [-0.15, -0.1) is 0 Å². The first-order valence-electron chi connectivity index (χ1n) is 6.09. The predicted molar refractivity (Wildman–Crippen MR) is 63.8 cm³/mol. The van der Waals surface area contributed by atoms with Crippen molar-refractivity contribution in [1.29, 1.82) is 0 Å². The monoisotopic (exact) mass is 207 g/mol. The quantitative estimate of drug-likeness (QED) is 0.420. The molecule has 1 fully saturated rings. The molecule has 0 spiro atoms. The van der Waals surface area contributed by atoms with Crippen LogP contribution in [-0.2, 0) is 0 Å². The summed E-state index contributed by atoms with van der Waals surface area (Å²) in [6.07, 6.45) is 11.2. The molecule has 2 aliphatic rings. The van der Waals surface area contributed by atoms with Gasteiger partial charge in [0.2, 0.25) is 0 Å². The van der Waals surface area contributed by atoms with E-state index >= 15 is 0 Å². The average Bonchev–Trinajstić information content (AvgIpc) is 3.03. The zero-order valence-corrected chi connectivity index (χ0v) is 9.34. The highest BCUT2D eigenvalue weighted by molar-refractivity contribution is 5.78. The summed E-state index contributed by atoms with van der Waals surface area (Å²) in [5, 5.41) is 3.20. The normalized spacial score (nSPS) is 22.4. The minimum atomic E-state index is 0.614. The van der Waals surface area contributed by atoms with Gasteiger partial charge in [0, 0.05) is 12.6 Å². The van der Waals surface area contributed by atoms with Crippen LogP contribution in [0.5, 0.6) is 0 Å². The molecule has 0 aromatic heterocycles. The summed E-state index contributed by atoms with van der Waals surface area (Å²) in [6, 6.07) is 0.614. The number of nitrogens with zero attached hydrogens (tertiary/aromatic N) is 1. The van der Waals surface area contributed by atoms with E-state index in [9.17, 15) is 0 Å². The molecule has 0 heterocycles. The maximum absolute atomic E-state index is 5.75.